The molecule has 0 unspecified atom stereocenters. The molecule has 1 heterocycles. The first kappa shape index (κ1) is 23.0. The Morgan fingerprint density at radius 3 is 2.44 bits per heavy atom. The lowest BCUT2D eigenvalue weighted by Gasteiger charge is -2.14. The molecule has 0 saturated carbocycles. The molecule has 170 valence electrons. The third-order valence-corrected chi connectivity index (χ3v) is 4.06. The maximum Gasteiger partial charge on any atom is 0.453 e. The Morgan fingerprint density at radius 2 is 1.78 bits per heavy atom. The quantitative estimate of drug-likeness (QED) is 0.470. The van der Waals surface area contributed by atoms with Crippen molar-refractivity contribution >= 4 is 16.9 Å². The number of halogens is 3. The number of alkyl halides is 3. The molecule has 0 N–H and O–H groups in total. The highest BCUT2D eigenvalue weighted by atomic mass is 19.4. The van der Waals surface area contributed by atoms with E-state index in [4.69, 9.17) is 23.4 Å². The molecular formula is C22H19F3O7. The first-order valence-electron chi connectivity index (χ1n) is 9.40. The zero-order chi connectivity index (χ0) is 23.5. The predicted octanol–water partition coefficient (Wildman–Crippen LogP) is 4.94. The lowest BCUT2D eigenvalue weighted by Crippen LogP contribution is -2.19. The summed E-state index contributed by atoms with van der Waals surface area (Å²) in [6.07, 6.45) is -5.36. The summed E-state index contributed by atoms with van der Waals surface area (Å²) in [6, 6.07) is 9.41. The fraction of sp³-hybridized carbons (Fsp3) is 0.273. The highest BCUT2D eigenvalue weighted by Gasteiger charge is 2.40. The maximum atomic E-state index is 13.7. The Kier molecular flexibility index (Phi) is 6.61. The van der Waals surface area contributed by atoms with Crippen LogP contribution in [0.5, 0.6) is 23.0 Å². The summed E-state index contributed by atoms with van der Waals surface area (Å²) in [5.41, 5.74) is -1.40. The van der Waals surface area contributed by atoms with Crippen LogP contribution in [0.3, 0.4) is 0 Å². The Morgan fingerprint density at radius 1 is 1.06 bits per heavy atom. The summed E-state index contributed by atoms with van der Waals surface area (Å²) >= 11 is 0. The Hall–Kier alpha value is -3.69. The van der Waals surface area contributed by atoms with Gasteiger partial charge in [-0.3, -0.25) is 4.79 Å². The smallest absolute Gasteiger partial charge is 0.453 e. The average Bonchev–Trinajstić information content (AvgIpc) is 2.73. The van der Waals surface area contributed by atoms with Crippen molar-refractivity contribution in [1.82, 2.24) is 0 Å². The van der Waals surface area contributed by atoms with Crippen LogP contribution in [0.25, 0.3) is 11.0 Å². The normalized spacial score (nSPS) is 11.5. The van der Waals surface area contributed by atoms with Gasteiger partial charge in [-0.2, -0.15) is 13.2 Å². The summed E-state index contributed by atoms with van der Waals surface area (Å²) < 4.78 is 66.4. The van der Waals surface area contributed by atoms with Crippen LogP contribution >= 0.6 is 0 Å². The van der Waals surface area contributed by atoms with Crippen molar-refractivity contribution in [2.45, 2.75) is 26.1 Å². The van der Waals surface area contributed by atoms with Crippen LogP contribution in [0, 0.1) is 0 Å². The molecule has 10 heteroatoms. The molecule has 0 saturated heterocycles. The van der Waals surface area contributed by atoms with Gasteiger partial charge in [0.15, 0.2) is 6.61 Å². The van der Waals surface area contributed by atoms with Gasteiger partial charge >= 0.3 is 12.1 Å². The third-order valence-electron chi connectivity index (χ3n) is 4.06. The molecule has 0 atom stereocenters. The zero-order valence-corrected chi connectivity index (χ0v) is 17.3. The highest BCUT2D eigenvalue weighted by Crippen LogP contribution is 2.39. The lowest BCUT2D eigenvalue weighted by molar-refractivity contribution is -0.154. The summed E-state index contributed by atoms with van der Waals surface area (Å²) in [5.74, 6) is -2.94. The molecule has 1 aromatic heterocycles. The average molecular weight is 452 g/mol. The Labute approximate surface area is 180 Å². The molecule has 2 aromatic carbocycles. The summed E-state index contributed by atoms with van der Waals surface area (Å²) in [7, 11) is 1.38. The van der Waals surface area contributed by atoms with E-state index in [1.54, 1.807) is 19.9 Å². The second kappa shape index (κ2) is 9.21. The van der Waals surface area contributed by atoms with Crippen LogP contribution < -0.4 is 19.6 Å². The minimum atomic E-state index is -5.01. The molecule has 0 aliphatic carbocycles. The number of methoxy groups -OCH3 is 1. The number of benzene rings is 2. The van der Waals surface area contributed by atoms with Crippen molar-refractivity contribution in [3.8, 4) is 23.0 Å². The number of fused-ring (bicyclic) bond motifs is 1. The van der Waals surface area contributed by atoms with Crippen LogP contribution in [-0.2, 0) is 15.7 Å². The van der Waals surface area contributed by atoms with E-state index in [0.717, 1.165) is 6.07 Å². The van der Waals surface area contributed by atoms with Crippen molar-refractivity contribution in [1.29, 1.82) is 0 Å². The van der Waals surface area contributed by atoms with E-state index in [-0.39, 0.29) is 28.6 Å². The molecule has 0 bridgehead atoms. The van der Waals surface area contributed by atoms with Crippen LogP contribution in [0.2, 0.25) is 0 Å². The minimum absolute atomic E-state index is 0.0240. The number of carbonyl (C=O) groups is 1. The summed E-state index contributed by atoms with van der Waals surface area (Å²) in [6.45, 7) is 2.86. The molecular weight excluding hydrogens is 433 g/mol. The van der Waals surface area contributed by atoms with Gasteiger partial charge in [0.25, 0.3) is 5.76 Å². The molecule has 3 aromatic rings. The molecule has 32 heavy (non-hydrogen) atoms. The van der Waals surface area contributed by atoms with Crippen LogP contribution in [0.1, 0.15) is 19.6 Å². The van der Waals surface area contributed by atoms with Gasteiger partial charge in [-0.05, 0) is 38.1 Å². The Bertz CT molecular complexity index is 1180. The number of ether oxygens (including phenoxy) is 4. The minimum Gasteiger partial charge on any atom is -0.497 e. The van der Waals surface area contributed by atoms with E-state index < -0.39 is 35.7 Å². The number of hydrogen-bond acceptors (Lipinski definition) is 7. The van der Waals surface area contributed by atoms with Gasteiger partial charge < -0.3 is 23.4 Å². The largest absolute Gasteiger partial charge is 0.497 e. The first-order valence-corrected chi connectivity index (χ1v) is 9.40. The molecule has 0 amide bonds. The van der Waals surface area contributed by atoms with E-state index >= 15 is 0 Å². The van der Waals surface area contributed by atoms with Crippen LogP contribution in [0.15, 0.2) is 51.7 Å². The van der Waals surface area contributed by atoms with Gasteiger partial charge in [0.2, 0.25) is 11.2 Å². The predicted molar refractivity (Wildman–Crippen MR) is 107 cm³/mol. The third kappa shape index (κ3) is 5.32. The van der Waals surface area contributed by atoms with Crippen LogP contribution in [0.4, 0.5) is 13.2 Å². The van der Waals surface area contributed by atoms with E-state index in [1.807, 2.05) is 0 Å². The molecule has 0 aliphatic rings. The van der Waals surface area contributed by atoms with Crippen LogP contribution in [-0.4, -0.2) is 25.8 Å². The van der Waals surface area contributed by atoms with E-state index in [0.29, 0.717) is 5.75 Å². The van der Waals surface area contributed by atoms with Gasteiger partial charge in [0.1, 0.15) is 22.8 Å². The monoisotopic (exact) mass is 452 g/mol. The fourth-order valence-corrected chi connectivity index (χ4v) is 2.75. The van der Waals surface area contributed by atoms with Gasteiger partial charge in [-0.25, -0.2) is 4.79 Å². The maximum absolute atomic E-state index is 13.7. The lowest BCUT2D eigenvalue weighted by atomic mass is 10.2. The molecule has 0 radical (unpaired) electrons. The number of esters is 1. The molecule has 0 aliphatic heterocycles. The van der Waals surface area contributed by atoms with Gasteiger partial charge in [-0.1, -0.05) is 6.07 Å². The highest BCUT2D eigenvalue weighted by molar-refractivity contribution is 5.80. The van der Waals surface area contributed by atoms with Crippen molar-refractivity contribution in [3.05, 3.63) is 58.4 Å². The van der Waals surface area contributed by atoms with Gasteiger partial charge in [0, 0.05) is 12.1 Å². The van der Waals surface area contributed by atoms with Gasteiger partial charge in [0.05, 0.1) is 18.6 Å². The number of carbonyl (C=O) groups excluding carboxylic acids is 1. The second-order valence-corrected chi connectivity index (χ2v) is 6.85. The van der Waals surface area contributed by atoms with Gasteiger partial charge in [-0.15, -0.1) is 0 Å². The Balaban J connectivity index is 2.00. The van der Waals surface area contributed by atoms with Crippen molar-refractivity contribution in [2.24, 2.45) is 0 Å². The fourth-order valence-electron chi connectivity index (χ4n) is 2.75. The van der Waals surface area contributed by atoms with E-state index in [9.17, 15) is 22.8 Å². The van der Waals surface area contributed by atoms with Crippen molar-refractivity contribution in [2.75, 3.05) is 13.7 Å². The van der Waals surface area contributed by atoms with Crippen molar-refractivity contribution in [3.63, 3.8) is 0 Å². The first-order chi connectivity index (χ1) is 15.1. The summed E-state index contributed by atoms with van der Waals surface area (Å²) in [4.78, 5) is 24.4. The molecule has 7 nitrogen and oxygen atoms in total. The molecule has 0 spiro atoms. The van der Waals surface area contributed by atoms with E-state index in [1.165, 1.54) is 37.4 Å². The topological polar surface area (TPSA) is 84.2 Å². The molecule has 0 fully saturated rings. The second-order valence-electron chi connectivity index (χ2n) is 6.85. The number of rotatable bonds is 7. The SMILES string of the molecule is COc1cccc(Oc2c(C(F)(F)F)oc3cc(OCC(=O)OC(C)C)ccc3c2=O)c1. The number of hydrogen-bond donors (Lipinski definition) is 0. The summed E-state index contributed by atoms with van der Waals surface area (Å²) in [5, 5.41) is -0.159. The van der Waals surface area contributed by atoms with E-state index in [2.05, 4.69) is 0 Å². The zero-order valence-electron chi connectivity index (χ0n) is 17.3. The standard InChI is InChI=1S/C22H19F3O7/c1-12(2)30-18(26)11-29-14-7-8-16-17(10-14)32-21(22(23,24)25)20(19(16)27)31-15-6-4-5-13(9-15)28-3/h4-10,12H,11H2,1-3H3. The molecule has 3 rings (SSSR count). The van der Waals surface area contributed by atoms with Crippen molar-refractivity contribution < 1.29 is 41.3 Å².